The Morgan fingerprint density at radius 3 is 2.71 bits per heavy atom. The van der Waals surface area contributed by atoms with Crippen LogP contribution in [0.5, 0.6) is 5.75 Å². The third-order valence-electron chi connectivity index (χ3n) is 5.95. The molecule has 2 aromatic heterocycles. The van der Waals surface area contributed by atoms with Gasteiger partial charge in [-0.05, 0) is 38.8 Å². The summed E-state index contributed by atoms with van der Waals surface area (Å²) in [4.78, 5) is 28.9. The molecule has 1 aromatic carbocycles. The van der Waals surface area contributed by atoms with E-state index in [-0.39, 0.29) is 29.8 Å². The lowest BCUT2D eigenvalue weighted by Gasteiger charge is -2.26. The molecule has 10 nitrogen and oxygen atoms in total. The third kappa shape index (κ3) is 4.96. The van der Waals surface area contributed by atoms with Crippen molar-refractivity contribution in [1.82, 2.24) is 20.1 Å². The highest BCUT2D eigenvalue weighted by Gasteiger charge is 2.22. The van der Waals surface area contributed by atoms with Crippen molar-refractivity contribution in [3.8, 4) is 5.75 Å². The van der Waals surface area contributed by atoms with E-state index in [1.165, 1.54) is 19.1 Å². The van der Waals surface area contributed by atoms with Crippen molar-refractivity contribution in [2.24, 2.45) is 0 Å². The number of nitrogens with zero attached hydrogens (tertiary/aromatic N) is 3. The zero-order valence-electron chi connectivity index (χ0n) is 19.6. The third-order valence-corrected chi connectivity index (χ3v) is 5.95. The van der Waals surface area contributed by atoms with Crippen molar-refractivity contribution in [1.29, 1.82) is 0 Å². The maximum absolute atomic E-state index is 12.9. The van der Waals surface area contributed by atoms with Gasteiger partial charge in [0, 0.05) is 62.3 Å². The van der Waals surface area contributed by atoms with Gasteiger partial charge < -0.3 is 25.8 Å². The number of fused-ring (bicyclic) bond motifs is 1. The van der Waals surface area contributed by atoms with Gasteiger partial charge in [-0.2, -0.15) is 5.10 Å². The Labute approximate surface area is 197 Å². The fourth-order valence-corrected chi connectivity index (χ4v) is 4.17. The van der Waals surface area contributed by atoms with Gasteiger partial charge in [0.1, 0.15) is 5.75 Å². The first-order chi connectivity index (χ1) is 16.4. The molecule has 0 aliphatic carbocycles. The van der Waals surface area contributed by atoms with Crippen LogP contribution in [-0.4, -0.2) is 50.9 Å². The normalized spacial score (nSPS) is 14.2. The Kier molecular flexibility index (Phi) is 6.97. The van der Waals surface area contributed by atoms with Crippen molar-refractivity contribution < 1.29 is 19.4 Å². The first kappa shape index (κ1) is 23.5. The highest BCUT2D eigenvalue weighted by molar-refractivity contribution is 5.98. The number of aromatic nitrogens is 3. The summed E-state index contributed by atoms with van der Waals surface area (Å²) in [5, 5.41) is 24.8. The summed E-state index contributed by atoms with van der Waals surface area (Å²) in [6.07, 6.45) is 3.60. The molecule has 0 saturated carbocycles. The molecular formula is C24H30N6O4. The van der Waals surface area contributed by atoms with Gasteiger partial charge in [0.2, 0.25) is 5.91 Å². The number of amides is 2. The average Bonchev–Trinajstić information content (AvgIpc) is 3.21. The number of rotatable bonds is 7. The molecule has 10 heteroatoms. The van der Waals surface area contributed by atoms with Crippen LogP contribution in [0.2, 0.25) is 0 Å². The predicted octanol–water partition coefficient (Wildman–Crippen LogP) is 2.94. The van der Waals surface area contributed by atoms with E-state index in [2.05, 4.69) is 21.0 Å². The second kappa shape index (κ2) is 10.1. The molecule has 0 atom stereocenters. The van der Waals surface area contributed by atoms with Gasteiger partial charge in [-0.25, -0.2) is 9.67 Å². The molecule has 180 valence electrons. The SMILES string of the molecule is CCn1ncc2c(NC3CCOCC3)c(CNC(=O)c3ccc(NC(C)=O)cc3O)c(C)nc21. The van der Waals surface area contributed by atoms with Crippen LogP contribution < -0.4 is 16.0 Å². The Bertz CT molecular complexity index is 1220. The maximum Gasteiger partial charge on any atom is 0.255 e. The summed E-state index contributed by atoms with van der Waals surface area (Å²) in [5.41, 5.74) is 3.93. The highest BCUT2D eigenvalue weighted by Crippen LogP contribution is 2.31. The summed E-state index contributed by atoms with van der Waals surface area (Å²) >= 11 is 0. The number of ether oxygens (including phenoxy) is 1. The molecule has 34 heavy (non-hydrogen) atoms. The number of carbonyl (C=O) groups is 2. The molecule has 4 N–H and O–H groups in total. The Morgan fingerprint density at radius 1 is 1.26 bits per heavy atom. The number of carbonyl (C=O) groups excluding carboxylic acids is 2. The van der Waals surface area contributed by atoms with Gasteiger partial charge in [-0.1, -0.05) is 0 Å². The minimum atomic E-state index is -0.423. The summed E-state index contributed by atoms with van der Waals surface area (Å²) in [6.45, 7) is 7.66. The lowest BCUT2D eigenvalue weighted by atomic mass is 10.0. The minimum absolute atomic E-state index is 0.124. The van der Waals surface area contributed by atoms with E-state index in [4.69, 9.17) is 9.72 Å². The standard InChI is InChI=1S/C24H30N6O4/c1-4-30-23-20(13-26-30)22(29-16-7-9-34-10-8-16)19(14(2)27-23)12-25-24(33)18-6-5-17(11-21(18)32)28-15(3)31/h5-6,11,13,16,32H,4,7-10,12H2,1-3H3,(H,25,33)(H,27,29)(H,28,31). The molecule has 2 amide bonds. The highest BCUT2D eigenvalue weighted by atomic mass is 16.5. The van der Waals surface area contributed by atoms with Gasteiger partial charge in [-0.15, -0.1) is 0 Å². The molecule has 4 rings (SSSR count). The predicted molar refractivity (Wildman–Crippen MR) is 129 cm³/mol. The van der Waals surface area contributed by atoms with Crippen molar-refractivity contribution in [2.45, 2.75) is 52.7 Å². The quantitative estimate of drug-likeness (QED) is 0.421. The van der Waals surface area contributed by atoms with Crippen LogP contribution in [0.4, 0.5) is 11.4 Å². The van der Waals surface area contributed by atoms with Crippen LogP contribution in [0.15, 0.2) is 24.4 Å². The summed E-state index contributed by atoms with van der Waals surface area (Å²) in [6, 6.07) is 4.67. The monoisotopic (exact) mass is 466 g/mol. The first-order valence-corrected chi connectivity index (χ1v) is 11.5. The molecule has 1 saturated heterocycles. The fourth-order valence-electron chi connectivity index (χ4n) is 4.17. The van der Waals surface area contributed by atoms with Crippen LogP contribution in [-0.2, 0) is 22.6 Å². The molecule has 0 bridgehead atoms. The van der Waals surface area contributed by atoms with E-state index < -0.39 is 5.91 Å². The van der Waals surface area contributed by atoms with E-state index in [0.29, 0.717) is 25.4 Å². The van der Waals surface area contributed by atoms with Gasteiger partial charge in [0.25, 0.3) is 5.91 Å². The zero-order valence-corrected chi connectivity index (χ0v) is 19.6. The molecule has 1 fully saturated rings. The topological polar surface area (TPSA) is 130 Å². The first-order valence-electron chi connectivity index (χ1n) is 11.5. The van der Waals surface area contributed by atoms with Crippen LogP contribution >= 0.6 is 0 Å². The summed E-state index contributed by atoms with van der Waals surface area (Å²) in [5.74, 6) is -0.891. The molecule has 1 aliphatic heterocycles. The number of hydrogen-bond donors (Lipinski definition) is 4. The molecular weight excluding hydrogens is 436 g/mol. The van der Waals surface area contributed by atoms with Gasteiger partial charge in [-0.3, -0.25) is 9.59 Å². The number of phenolic OH excluding ortho intramolecular Hbond substituents is 1. The maximum atomic E-state index is 12.9. The molecule has 0 spiro atoms. The number of hydrogen-bond acceptors (Lipinski definition) is 7. The second-order valence-corrected chi connectivity index (χ2v) is 8.38. The lowest BCUT2D eigenvalue weighted by molar-refractivity contribution is -0.114. The molecule has 3 aromatic rings. The van der Waals surface area contributed by atoms with E-state index in [0.717, 1.165) is 40.8 Å². The molecule has 3 heterocycles. The van der Waals surface area contributed by atoms with Crippen LogP contribution in [0.1, 0.15) is 48.3 Å². The minimum Gasteiger partial charge on any atom is -0.507 e. The number of pyridine rings is 1. The molecule has 0 radical (unpaired) electrons. The number of aryl methyl sites for hydroxylation is 2. The van der Waals surface area contributed by atoms with Crippen molar-refractivity contribution >= 4 is 34.2 Å². The number of nitrogens with one attached hydrogen (secondary N) is 3. The number of aromatic hydroxyl groups is 1. The van der Waals surface area contributed by atoms with Crippen LogP contribution in [0, 0.1) is 6.92 Å². The van der Waals surface area contributed by atoms with Gasteiger partial charge in [0.15, 0.2) is 5.65 Å². The summed E-state index contributed by atoms with van der Waals surface area (Å²) in [7, 11) is 0. The Hall–Kier alpha value is -3.66. The van der Waals surface area contributed by atoms with E-state index in [1.807, 2.05) is 24.7 Å². The van der Waals surface area contributed by atoms with Crippen LogP contribution in [0.3, 0.4) is 0 Å². The summed E-state index contributed by atoms with van der Waals surface area (Å²) < 4.78 is 7.35. The number of phenols is 1. The zero-order chi connectivity index (χ0) is 24.2. The van der Waals surface area contributed by atoms with Gasteiger partial charge in [0.05, 0.1) is 22.8 Å². The Morgan fingerprint density at radius 2 is 2.03 bits per heavy atom. The number of benzene rings is 1. The number of anilines is 2. The second-order valence-electron chi connectivity index (χ2n) is 8.38. The van der Waals surface area contributed by atoms with E-state index in [1.54, 1.807) is 6.07 Å². The largest absolute Gasteiger partial charge is 0.507 e. The van der Waals surface area contributed by atoms with E-state index in [9.17, 15) is 14.7 Å². The van der Waals surface area contributed by atoms with E-state index >= 15 is 0 Å². The van der Waals surface area contributed by atoms with Crippen molar-refractivity contribution in [3.05, 3.63) is 41.2 Å². The smallest absolute Gasteiger partial charge is 0.255 e. The van der Waals surface area contributed by atoms with Crippen molar-refractivity contribution in [3.63, 3.8) is 0 Å². The van der Waals surface area contributed by atoms with Crippen LogP contribution in [0.25, 0.3) is 11.0 Å². The van der Waals surface area contributed by atoms with Crippen molar-refractivity contribution in [2.75, 3.05) is 23.8 Å². The average molecular weight is 467 g/mol. The molecule has 0 unspecified atom stereocenters. The fraction of sp³-hybridized carbons (Fsp3) is 0.417. The van der Waals surface area contributed by atoms with Gasteiger partial charge >= 0.3 is 0 Å². The Balaban J connectivity index is 1.60. The molecule has 1 aliphatic rings. The lowest BCUT2D eigenvalue weighted by Crippen LogP contribution is -2.30.